The molecule has 0 radical (unpaired) electrons. The average molecular weight is 313 g/mol. The lowest BCUT2D eigenvalue weighted by atomic mass is 9.81. The number of sulfonamides is 1. The van der Waals surface area contributed by atoms with Gasteiger partial charge in [-0.1, -0.05) is 40.7 Å². The van der Waals surface area contributed by atoms with Crippen molar-refractivity contribution >= 4 is 10.0 Å². The molecule has 21 heavy (non-hydrogen) atoms. The van der Waals surface area contributed by atoms with Crippen molar-refractivity contribution in [3.05, 3.63) is 29.3 Å². The van der Waals surface area contributed by atoms with Crippen LogP contribution in [0.3, 0.4) is 0 Å². The van der Waals surface area contributed by atoms with Gasteiger partial charge in [0.1, 0.15) is 0 Å². The summed E-state index contributed by atoms with van der Waals surface area (Å²) < 4.78 is 27.4. The largest absolute Gasteiger partial charge is 0.392 e. The smallest absolute Gasteiger partial charge is 0.240 e. The van der Waals surface area contributed by atoms with Crippen LogP contribution in [0.4, 0.5) is 0 Å². The molecule has 0 aromatic heterocycles. The Kier molecular flexibility index (Phi) is 5.96. The van der Waals surface area contributed by atoms with Gasteiger partial charge < -0.3 is 5.11 Å². The Morgan fingerprint density at radius 1 is 1.24 bits per heavy atom. The van der Waals surface area contributed by atoms with Crippen molar-refractivity contribution in [1.29, 1.82) is 0 Å². The summed E-state index contributed by atoms with van der Waals surface area (Å²) in [7, 11) is -3.55. The van der Waals surface area contributed by atoms with Crippen LogP contribution in [-0.4, -0.2) is 20.1 Å². The molecule has 1 aromatic carbocycles. The van der Waals surface area contributed by atoms with Gasteiger partial charge in [0.25, 0.3) is 0 Å². The molecule has 0 amide bonds. The highest BCUT2D eigenvalue weighted by Gasteiger charge is 2.25. The molecule has 2 N–H and O–H groups in total. The number of aliphatic hydroxyl groups excluding tert-OH is 1. The fraction of sp³-hybridized carbons (Fsp3) is 0.625. The fourth-order valence-corrected chi connectivity index (χ4v) is 3.10. The molecule has 1 rings (SSSR count). The third-order valence-electron chi connectivity index (χ3n) is 4.32. The molecule has 5 heteroatoms. The highest BCUT2D eigenvalue weighted by molar-refractivity contribution is 7.89. The van der Waals surface area contributed by atoms with E-state index in [0.717, 1.165) is 12.0 Å². The van der Waals surface area contributed by atoms with Gasteiger partial charge in [-0.2, -0.15) is 0 Å². The highest BCUT2D eigenvalue weighted by Crippen LogP contribution is 2.25. The van der Waals surface area contributed by atoms with E-state index in [4.69, 9.17) is 0 Å². The zero-order valence-corrected chi connectivity index (χ0v) is 14.4. The quantitative estimate of drug-likeness (QED) is 0.813. The van der Waals surface area contributed by atoms with Crippen LogP contribution in [0.2, 0.25) is 0 Å². The summed E-state index contributed by atoms with van der Waals surface area (Å²) in [5.41, 5.74) is 1.53. The molecule has 0 saturated carbocycles. The second-order valence-corrected chi connectivity index (χ2v) is 8.18. The number of benzene rings is 1. The maximum Gasteiger partial charge on any atom is 0.240 e. The van der Waals surface area contributed by atoms with Crippen LogP contribution in [0.1, 0.15) is 45.7 Å². The van der Waals surface area contributed by atoms with Crippen LogP contribution in [0.25, 0.3) is 0 Å². The Labute approximate surface area is 128 Å². The van der Waals surface area contributed by atoms with E-state index < -0.39 is 10.0 Å². The third-order valence-corrected chi connectivity index (χ3v) is 5.72. The van der Waals surface area contributed by atoms with Gasteiger partial charge in [0, 0.05) is 6.54 Å². The summed E-state index contributed by atoms with van der Waals surface area (Å²) in [6, 6.07) is 4.93. The van der Waals surface area contributed by atoms with Crippen molar-refractivity contribution in [2.45, 2.75) is 52.5 Å². The van der Waals surface area contributed by atoms with Gasteiger partial charge in [0.2, 0.25) is 10.0 Å². The molecule has 0 atom stereocenters. The van der Waals surface area contributed by atoms with E-state index in [2.05, 4.69) is 18.6 Å². The van der Waals surface area contributed by atoms with Gasteiger partial charge in [0.05, 0.1) is 11.5 Å². The molecule has 0 unspecified atom stereocenters. The zero-order valence-electron chi connectivity index (χ0n) is 13.6. The number of hydrogen-bond acceptors (Lipinski definition) is 3. The Hall–Kier alpha value is -0.910. The topological polar surface area (TPSA) is 66.4 Å². The second-order valence-electron chi connectivity index (χ2n) is 6.41. The predicted molar refractivity (Wildman–Crippen MR) is 85.6 cm³/mol. The first kappa shape index (κ1) is 18.1. The minimum absolute atomic E-state index is 0.115. The van der Waals surface area contributed by atoms with E-state index in [1.807, 2.05) is 20.8 Å². The van der Waals surface area contributed by atoms with E-state index >= 15 is 0 Å². The second kappa shape index (κ2) is 6.90. The van der Waals surface area contributed by atoms with Crippen LogP contribution >= 0.6 is 0 Å². The maximum atomic E-state index is 12.4. The van der Waals surface area contributed by atoms with Gasteiger partial charge in [-0.15, -0.1) is 0 Å². The minimum Gasteiger partial charge on any atom is -0.392 e. The van der Waals surface area contributed by atoms with Crippen molar-refractivity contribution in [1.82, 2.24) is 4.72 Å². The third kappa shape index (κ3) is 4.53. The fourth-order valence-electron chi connectivity index (χ4n) is 1.83. The van der Waals surface area contributed by atoms with Gasteiger partial charge in [-0.25, -0.2) is 13.1 Å². The summed E-state index contributed by atoms with van der Waals surface area (Å²) in [6.07, 6.45) is 0.768. The molecular formula is C16H27NO3S. The summed E-state index contributed by atoms with van der Waals surface area (Å²) in [4.78, 5) is 0.211. The van der Waals surface area contributed by atoms with E-state index in [-0.39, 0.29) is 16.9 Å². The molecule has 0 aliphatic heterocycles. The van der Waals surface area contributed by atoms with Crippen LogP contribution < -0.4 is 4.72 Å². The predicted octanol–water partition coefficient (Wildman–Crippen LogP) is 2.70. The van der Waals surface area contributed by atoms with E-state index in [9.17, 15) is 13.5 Å². The van der Waals surface area contributed by atoms with Gasteiger partial charge in [0.15, 0.2) is 0 Å². The van der Waals surface area contributed by atoms with Crippen molar-refractivity contribution < 1.29 is 13.5 Å². The lowest BCUT2D eigenvalue weighted by molar-refractivity contribution is 0.252. The Morgan fingerprint density at radius 2 is 1.86 bits per heavy atom. The molecule has 0 fully saturated rings. The standard InChI is InChI=1S/C16H27NO3S/c1-6-13-7-8-15(9-14(13)10-18)21(19,20)17-11-16(4,5)12(2)3/h7-9,12,17-18H,6,10-11H2,1-5H3. The molecule has 0 heterocycles. The van der Waals surface area contributed by atoms with Crippen LogP contribution in [-0.2, 0) is 23.1 Å². The Bertz CT molecular complexity index is 577. The molecule has 0 bridgehead atoms. The molecule has 0 aliphatic rings. The molecular weight excluding hydrogens is 286 g/mol. The van der Waals surface area contributed by atoms with E-state index in [1.54, 1.807) is 18.2 Å². The van der Waals surface area contributed by atoms with E-state index in [0.29, 0.717) is 18.0 Å². The van der Waals surface area contributed by atoms with Crippen molar-refractivity contribution in [2.24, 2.45) is 11.3 Å². The number of aryl methyl sites for hydroxylation is 1. The number of hydrogen-bond donors (Lipinski definition) is 2. The first-order chi connectivity index (χ1) is 9.64. The lowest BCUT2D eigenvalue weighted by Crippen LogP contribution is -2.37. The highest BCUT2D eigenvalue weighted by atomic mass is 32.2. The summed E-state index contributed by atoms with van der Waals surface area (Å²) >= 11 is 0. The normalized spacial score (nSPS) is 12.9. The monoisotopic (exact) mass is 313 g/mol. The van der Waals surface area contributed by atoms with Gasteiger partial charge in [-0.05, 0) is 41.0 Å². The SMILES string of the molecule is CCc1ccc(S(=O)(=O)NCC(C)(C)C(C)C)cc1CO. The first-order valence-electron chi connectivity index (χ1n) is 7.36. The average Bonchev–Trinajstić information content (AvgIpc) is 2.44. The number of rotatable bonds is 7. The number of aliphatic hydroxyl groups is 1. The maximum absolute atomic E-state index is 12.4. The molecule has 1 aromatic rings. The zero-order chi connectivity index (χ0) is 16.3. The Morgan fingerprint density at radius 3 is 2.33 bits per heavy atom. The van der Waals surface area contributed by atoms with Crippen molar-refractivity contribution in [2.75, 3.05) is 6.54 Å². The van der Waals surface area contributed by atoms with Crippen LogP contribution in [0.5, 0.6) is 0 Å². The van der Waals surface area contributed by atoms with Gasteiger partial charge in [-0.3, -0.25) is 0 Å². The van der Waals surface area contributed by atoms with Crippen molar-refractivity contribution in [3.8, 4) is 0 Å². The van der Waals surface area contributed by atoms with Crippen molar-refractivity contribution in [3.63, 3.8) is 0 Å². The van der Waals surface area contributed by atoms with Crippen LogP contribution in [0.15, 0.2) is 23.1 Å². The van der Waals surface area contributed by atoms with Crippen LogP contribution in [0, 0.1) is 11.3 Å². The lowest BCUT2D eigenvalue weighted by Gasteiger charge is -2.29. The molecule has 0 saturated heterocycles. The minimum atomic E-state index is -3.55. The molecule has 0 aliphatic carbocycles. The number of nitrogens with one attached hydrogen (secondary N) is 1. The van der Waals surface area contributed by atoms with E-state index in [1.165, 1.54) is 0 Å². The summed E-state index contributed by atoms with van der Waals surface area (Å²) in [6.45, 7) is 10.5. The summed E-state index contributed by atoms with van der Waals surface area (Å²) in [5.74, 6) is 0.371. The molecule has 120 valence electrons. The van der Waals surface area contributed by atoms with Gasteiger partial charge >= 0.3 is 0 Å². The molecule has 0 spiro atoms. The summed E-state index contributed by atoms with van der Waals surface area (Å²) in [5, 5.41) is 9.36. The first-order valence-corrected chi connectivity index (χ1v) is 8.84. The Balaban J connectivity index is 2.98. The molecule has 4 nitrogen and oxygen atoms in total.